The van der Waals surface area contributed by atoms with Gasteiger partial charge >= 0.3 is 0 Å². The zero-order valence-corrected chi connectivity index (χ0v) is 22.8. The van der Waals surface area contributed by atoms with Gasteiger partial charge in [-0.15, -0.1) is 0 Å². The Kier molecular flexibility index (Phi) is 12.8. The number of nitro groups is 1. The van der Waals surface area contributed by atoms with Gasteiger partial charge in [0.1, 0.15) is 6.54 Å². The van der Waals surface area contributed by atoms with Crippen LogP contribution in [0.4, 0.5) is 5.69 Å². The first-order valence-electron chi connectivity index (χ1n) is 13.2. The molecule has 0 saturated heterocycles. The molecule has 1 aliphatic rings. The number of hydrogen-bond donors (Lipinski definition) is 0. The van der Waals surface area contributed by atoms with Crippen LogP contribution in [0, 0.1) is 10.1 Å². The number of nitro benzene ring substituents is 1. The highest BCUT2D eigenvalue weighted by molar-refractivity contribution is 5.99. The molecule has 2 aromatic rings. The van der Waals surface area contributed by atoms with Crippen LogP contribution >= 0.6 is 0 Å². The second kappa shape index (κ2) is 15.5. The number of benzene rings is 2. The fraction of sp³-hybridized carbons (Fsp3) is 0.552. The maximum atomic E-state index is 11.6. The minimum atomic E-state index is -0.276. The van der Waals surface area contributed by atoms with E-state index in [1.807, 2.05) is 12.1 Å². The maximum absolute atomic E-state index is 11.6. The normalized spacial score (nSPS) is 12.6. The fourth-order valence-electron chi connectivity index (χ4n) is 5.06. The van der Waals surface area contributed by atoms with E-state index < -0.39 is 0 Å². The molecule has 0 N–H and O–H groups in total. The van der Waals surface area contributed by atoms with Gasteiger partial charge in [0.15, 0.2) is 23.8 Å². The highest BCUT2D eigenvalue weighted by atomic mass is 35.5. The number of unbranched alkanes of at least 4 members (excludes halogenated alkanes) is 8. The monoisotopic (exact) mass is 516 g/mol. The predicted molar refractivity (Wildman–Crippen MR) is 141 cm³/mol. The van der Waals surface area contributed by atoms with Crippen LogP contribution < -0.4 is 21.9 Å². The molecule has 0 radical (unpaired) electrons. The largest absolute Gasteiger partial charge is 1.00 e. The minimum absolute atomic E-state index is 0. The summed E-state index contributed by atoms with van der Waals surface area (Å²) >= 11 is 0. The Hall–Kier alpha value is -2.60. The van der Waals surface area contributed by atoms with Crippen molar-refractivity contribution >= 4 is 11.4 Å². The summed E-state index contributed by atoms with van der Waals surface area (Å²) in [5, 5.41) is 11.6. The number of ether oxygens (including phenoxy) is 2. The molecule has 2 aromatic carbocycles. The van der Waals surface area contributed by atoms with Crippen molar-refractivity contribution in [3.05, 3.63) is 63.2 Å². The Morgan fingerprint density at radius 3 is 2.17 bits per heavy atom. The van der Waals surface area contributed by atoms with Crippen molar-refractivity contribution in [3.63, 3.8) is 0 Å². The van der Waals surface area contributed by atoms with E-state index >= 15 is 0 Å². The van der Waals surface area contributed by atoms with Crippen LogP contribution in [-0.4, -0.2) is 36.0 Å². The van der Waals surface area contributed by atoms with Gasteiger partial charge in [0.2, 0.25) is 0 Å². The molecule has 0 atom stereocenters. The van der Waals surface area contributed by atoms with E-state index in [1.54, 1.807) is 26.4 Å². The first-order valence-corrected chi connectivity index (χ1v) is 13.2. The van der Waals surface area contributed by atoms with Gasteiger partial charge in [-0.2, -0.15) is 0 Å². The van der Waals surface area contributed by atoms with Gasteiger partial charge in [0.25, 0.3) is 5.69 Å². The van der Waals surface area contributed by atoms with Crippen LogP contribution in [-0.2, 0) is 13.0 Å². The van der Waals surface area contributed by atoms with Crippen LogP contribution in [0.2, 0.25) is 0 Å². The molecule has 0 spiro atoms. The van der Waals surface area contributed by atoms with Gasteiger partial charge in [-0.25, -0.2) is 4.58 Å². The zero-order valence-electron chi connectivity index (χ0n) is 22.1. The van der Waals surface area contributed by atoms with Crippen LogP contribution in [0.15, 0.2) is 36.4 Å². The Labute approximate surface area is 222 Å². The average molecular weight is 517 g/mol. The third-order valence-electron chi connectivity index (χ3n) is 7.02. The number of methoxy groups -OCH3 is 2. The molecule has 0 saturated carbocycles. The van der Waals surface area contributed by atoms with E-state index in [9.17, 15) is 10.1 Å². The van der Waals surface area contributed by atoms with E-state index in [0.717, 1.165) is 42.9 Å². The zero-order chi connectivity index (χ0) is 25.0. The van der Waals surface area contributed by atoms with Crippen molar-refractivity contribution in [2.45, 2.75) is 84.1 Å². The van der Waals surface area contributed by atoms with Gasteiger partial charge in [-0.05, 0) is 30.2 Å². The number of nitrogens with zero attached hydrogens (tertiary/aromatic N) is 2. The summed E-state index contributed by atoms with van der Waals surface area (Å²) in [6.45, 7) is 3.63. The van der Waals surface area contributed by atoms with E-state index in [4.69, 9.17) is 9.47 Å². The van der Waals surface area contributed by atoms with E-state index in [0.29, 0.717) is 6.54 Å². The van der Waals surface area contributed by atoms with E-state index in [-0.39, 0.29) is 23.0 Å². The predicted octanol–water partition coefficient (Wildman–Crippen LogP) is 4.09. The summed E-state index contributed by atoms with van der Waals surface area (Å²) in [7, 11) is 3.33. The van der Waals surface area contributed by atoms with E-state index in [2.05, 4.69) is 23.6 Å². The summed E-state index contributed by atoms with van der Waals surface area (Å²) in [6.07, 6.45) is 13.4. The lowest BCUT2D eigenvalue weighted by Crippen LogP contribution is -3.00. The Balaban J connectivity index is 0.00000456. The van der Waals surface area contributed by atoms with Crippen LogP contribution in [0.1, 0.15) is 87.8 Å². The molecule has 198 valence electrons. The van der Waals surface area contributed by atoms with Crippen molar-refractivity contribution in [2.24, 2.45) is 0 Å². The number of fused-ring (bicyclic) bond motifs is 1. The number of rotatable bonds is 15. The van der Waals surface area contributed by atoms with Gasteiger partial charge in [0, 0.05) is 24.5 Å². The minimum Gasteiger partial charge on any atom is -1.00 e. The molecule has 36 heavy (non-hydrogen) atoms. The summed E-state index contributed by atoms with van der Waals surface area (Å²) < 4.78 is 13.5. The number of halogens is 1. The van der Waals surface area contributed by atoms with Gasteiger partial charge < -0.3 is 21.9 Å². The molecule has 1 aliphatic heterocycles. The average Bonchev–Trinajstić information content (AvgIpc) is 2.87. The summed E-state index contributed by atoms with van der Waals surface area (Å²) in [4.78, 5) is 11.3. The molecule has 3 rings (SSSR count). The molecule has 0 aliphatic carbocycles. The lowest BCUT2D eigenvalue weighted by Gasteiger charge is -2.21. The van der Waals surface area contributed by atoms with E-state index in [1.165, 1.54) is 68.2 Å². The highest BCUT2D eigenvalue weighted by Gasteiger charge is 2.29. The Bertz CT molecular complexity index is 1020. The first kappa shape index (κ1) is 29.6. The highest BCUT2D eigenvalue weighted by Crippen LogP contribution is 2.34. The lowest BCUT2D eigenvalue weighted by atomic mass is 9.92. The molecule has 0 bridgehead atoms. The van der Waals surface area contributed by atoms with Crippen LogP contribution in [0.5, 0.6) is 11.5 Å². The third kappa shape index (κ3) is 7.95. The van der Waals surface area contributed by atoms with Crippen LogP contribution in [0.25, 0.3) is 0 Å². The smallest absolute Gasteiger partial charge is 0.278 e. The third-order valence-corrected chi connectivity index (χ3v) is 7.02. The lowest BCUT2D eigenvalue weighted by molar-refractivity contribution is -0.546. The van der Waals surface area contributed by atoms with Gasteiger partial charge in [-0.1, -0.05) is 70.4 Å². The van der Waals surface area contributed by atoms with Crippen molar-refractivity contribution < 1.29 is 31.4 Å². The molecule has 0 unspecified atom stereocenters. The summed E-state index contributed by atoms with van der Waals surface area (Å²) in [5.74, 6) is 1.48. The topological polar surface area (TPSA) is 64.6 Å². The van der Waals surface area contributed by atoms with Crippen molar-refractivity contribution in [1.82, 2.24) is 0 Å². The van der Waals surface area contributed by atoms with Crippen molar-refractivity contribution in [2.75, 3.05) is 20.8 Å². The number of para-hydroxylation sites is 1. The van der Waals surface area contributed by atoms with Crippen molar-refractivity contribution in [1.29, 1.82) is 0 Å². The van der Waals surface area contributed by atoms with Gasteiger partial charge in [0.05, 0.1) is 24.7 Å². The molecule has 7 heteroatoms. The second-order valence-electron chi connectivity index (χ2n) is 9.45. The Morgan fingerprint density at radius 2 is 1.53 bits per heavy atom. The maximum Gasteiger partial charge on any atom is 0.278 e. The van der Waals surface area contributed by atoms with Crippen molar-refractivity contribution in [3.8, 4) is 11.5 Å². The molecular formula is C29H41ClN2O4. The van der Waals surface area contributed by atoms with Crippen LogP contribution in [0.3, 0.4) is 0 Å². The Morgan fingerprint density at radius 1 is 0.917 bits per heavy atom. The summed E-state index contributed by atoms with van der Waals surface area (Å²) in [6, 6.07) is 11.3. The quantitative estimate of drug-likeness (QED) is 0.155. The number of hydrogen-bond acceptors (Lipinski definition) is 4. The molecule has 1 heterocycles. The molecule has 0 fully saturated rings. The SMILES string of the molecule is CCCCCCCCCCCC1=[N+](Cc2ccccc2[N+](=O)[O-])CCc2cc(OC)c(OC)cc21.[Cl-]. The van der Waals surface area contributed by atoms with Gasteiger partial charge in [-0.3, -0.25) is 10.1 Å². The first-order chi connectivity index (χ1) is 17.1. The molecule has 6 nitrogen and oxygen atoms in total. The molecule has 0 amide bonds. The molecular weight excluding hydrogens is 476 g/mol. The standard InChI is InChI=1S/C29H41N2O4.ClH/c1-4-5-6-7-8-9-10-11-12-17-27-25-21-29(35-3)28(34-2)20-23(25)18-19-30(27)22-24-15-13-14-16-26(24)31(32)33;/h13-16,20-21H,4-12,17-19,22H2,1-3H3;1H/q+1;/p-1. The second-order valence-corrected chi connectivity index (χ2v) is 9.45. The fourth-order valence-corrected chi connectivity index (χ4v) is 5.06. The summed E-state index contributed by atoms with van der Waals surface area (Å²) in [5.41, 5.74) is 4.65. The molecule has 0 aromatic heterocycles.